The van der Waals surface area contributed by atoms with E-state index in [9.17, 15) is 18.4 Å². The molecule has 3 rings (SSSR count). The topological polar surface area (TPSA) is 82.1 Å². The van der Waals surface area contributed by atoms with Gasteiger partial charge in [0.05, 0.1) is 20.8 Å². The van der Waals surface area contributed by atoms with Crippen LogP contribution in [0.25, 0.3) is 0 Å². The quantitative estimate of drug-likeness (QED) is 0.562. The summed E-state index contributed by atoms with van der Waals surface area (Å²) in [5, 5.41) is 9.05. The summed E-state index contributed by atoms with van der Waals surface area (Å²) in [4.78, 5) is 22.4. The molecule has 0 saturated carbocycles. The monoisotopic (exact) mass is 444 g/mol. The third kappa shape index (κ3) is 7.09. The van der Waals surface area contributed by atoms with Crippen molar-refractivity contribution in [1.29, 1.82) is 0 Å². The van der Waals surface area contributed by atoms with Crippen LogP contribution in [-0.4, -0.2) is 37.9 Å². The van der Waals surface area contributed by atoms with Gasteiger partial charge in [0.15, 0.2) is 0 Å². The number of methoxy groups -OCH3 is 2. The third-order valence-electron chi connectivity index (χ3n) is 4.21. The summed E-state index contributed by atoms with van der Waals surface area (Å²) in [5.41, 5.74) is 1.30. The number of aromatic hydroxyl groups is 1. The van der Waals surface area contributed by atoms with E-state index in [0.717, 1.165) is 23.8 Å². The lowest BCUT2D eigenvalue weighted by Crippen LogP contribution is -2.08. The third-order valence-corrected chi connectivity index (χ3v) is 4.21. The number of ether oxygens (including phenoxy) is 3. The molecular weight excluding hydrogens is 422 g/mol. The van der Waals surface area contributed by atoms with Gasteiger partial charge in [-0.25, -0.2) is 18.4 Å². The van der Waals surface area contributed by atoms with Gasteiger partial charge < -0.3 is 19.3 Å². The first-order valence-electron chi connectivity index (χ1n) is 9.47. The number of carbonyl (C=O) groups excluding carboxylic acids is 2. The Morgan fingerprint density at radius 1 is 0.812 bits per heavy atom. The van der Waals surface area contributed by atoms with Crippen LogP contribution in [0.2, 0.25) is 0 Å². The van der Waals surface area contributed by atoms with Gasteiger partial charge in [0, 0.05) is 18.6 Å². The summed E-state index contributed by atoms with van der Waals surface area (Å²) in [5.74, 6) is -2.49. The zero-order valence-corrected chi connectivity index (χ0v) is 17.5. The number of phenolic OH excluding ortho intramolecular Hbond substituents is 1. The number of benzene rings is 3. The Bertz CT molecular complexity index is 1050. The van der Waals surface area contributed by atoms with Crippen molar-refractivity contribution in [1.82, 2.24) is 0 Å². The lowest BCUT2D eigenvalue weighted by atomic mass is 10.1. The van der Waals surface area contributed by atoms with Crippen molar-refractivity contribution < 1.29 is 37.7 Å². The van der Waals surface area contributed by atoms with Crippen LogP contribution in [0.15, 0.2) is 66.7 Å². The molecule has 32 heavy (non-hydrogen) atoms. The van der Waals surface area contributed by atoms with Crippen LogP contribution in [0, 0.1) is 11.6 Å². The fourth-order valence-corrected chi connectivity index (χ4v) is 2.61. The first-order valence-corrected chi connectivity index (χ1v) is 9.47. The molecule has 0 atom stereocenters. The molecule has 0 unspecified atom stereocenters. The van der Waals surface area contributed by atoms with E-state index < -0.39 is 29.3 Å². The Labute approximate surface area is 184 Å². The Hall–Kier alpha value is -3.94. The summed E-state index contributed by atoms with van der Waals surface area (Å²) in [6.07, 6.45) is 0.679. The predicted octanol–water partition coefficient (Wildman–Crippen LogP) is 4.55. The lowest BCUT2D eigenvalue weighted by Gasteiger charge is -2.10. The average Bonchev–Trinajstić information content (AvgIpc) is 2.79. The van der Waals surface area contributed by atoms with E-state index in [2.05, 4.69) is 9.47 Å². The predicted molar refractivity (Wildman–Crippen MR) is 113 cm³/mol. The minimum absolute atomic E-state index is 0.0427. The maximum atomic E-state index is 13.2. The molecule has 3 aromatic rings. The molecule has 168 valence electrons. The maximum Gasteiger partial charge on any atom is 0.341 e. The van der Waals surface area contributed by atoms with Crippen molar-refractivity contribution in [2.75, 3.05) is 20.8 Å². The Morgan fingerprint density at radius 3 is 1.97 bits per heavy atom. The molecule has 0 saturated heterocycles. The SMILES string of the molecule is COC(=O)c1ccc(F)cc1O.COC(=O)c1ccc(F)cc1OCCc1ccccc1. The van der Waals surface area contributed by atoms with Crippen LogP contribution >= 0.6 is 0 Å². The summed E-state index contributed by atoms with van der Waals surface area (Å²) in [6.45, 7) is 0.359. The Kier molecular flexibility index (Phi) is 9.16. The number of phenols is 1. The van der Waals surface area contributed by atoms with Gasteiger partial charge in [0.2, 0.25) is 0 Å². The standard InChI is InChI=1S/C16H15FO3.C8H7FO3/c1-19-16(18)14-8-7-13(17)11-15(14)20-10-9-12-5-3-2-4-6-12;1-12-8(11)6-3-2-5(9)4-7(6)10/h2-8,11H,9-10H2,1H3;2-4,10H,1H3. The van der Waals surface area contributed by atoms with Gasteiger partial charge in [0.1, 0.15) is 34.3 Å². The van der Waals surface area contributed by atoms with E-state index in [1.807, 2.05) is 30.3 Å². The van der Waals surface area contributed by atoms with E-state index in [0.29, 0.717) is 13.0 Å². The van der Waals surface area contributed by atoms with Gasteiger partial charge in [-0.05, 0) is 29.8 Å². The molecule has 0 aromatic heterocycles. The van der Waals surface area contributed by atoms with Crippen LogP contribution < -0.4 is 4.74 Å². The number of esters is 2. The van der Waals surface area contributed by atoms with Crippen molar-refractivity contribution in [3.05, 3.63) is 95.1 Å². The second kappa shape index (κ2) is 12.0. The summed E-state index contributed by atoms with van der Waals surface area (Å²) < 4.78 is 40.1. The zero-order chi connectivity index (χ0) is 23.5. The smallest absolute Gasteiger partial charge is 0.341 e. The highest BCUT2D eigenvalue weighted by molar-refractivity contribution is 5.92. The number of hydrogen-bond acceptors (Lipinski definition) is 6. The zero-order valence-electron chi connectivity index (χ0n) is 17.5. The molecule has 0 aliphatic heterocycles. The van der Waals surface area contributed by atoms with Crippen LogP contribution in [0.4, 0.5) is 8.78 Å². The van der Waals surface area contributed by atoms with Crippen molar-refractivity contribution in [2.45, 2.75) is 6.42 Å². The highest BCUT2D eigenvalue weighted by Gasteiger charge is 2.14. The van der Waals surface area contributed by atoms with Gasteiger partial charge in [-0.2, -0.15) is 0 Å². The molecule has 0 heterocycles. The van der Waals surface area contributed by atoms with Gasteiger partial charge in [-0.1, -0.05) is 30.3 Å². The fourth-order valence-electron chi connectivity index (χ4n) is 2.61. The van der Waals surface area contributed by atoms with Crippen LogP contribution in [0.3, 0.4) is 0 Å². The highest BCUT2D eigenvalue weighted by Crippen LogP contribution is 2.21. The minimum Gasteiger partial charge on any atom is -0.507 e. The van der Waals surface area contributed by atoms with E-state index >= 15 is 0 Å². The summed E-state index contributed by atoms with van der Waals surface area (Å²) >= 11 is 0. The summed E-state index contributed by atoms with van der Waals surface area (Å²) in [7, 11) is 2.46. The normalized spacial score (nSPS) is 9.88. The first-order chi connectivity index (χ1) is 15.3. The van der Waals surface area contributed by atoms with Crippen LogP contribution in [-0.2, 0) is 15.9 Å². The maximum absolute atomic E-state index is 13.2. The molecule has 0 aliphatic carbocycles. The largest absolute Gasteiger partial charge is 0.507 e. The Morgan fingerprint density at radius 2 is 1.38 bits per heavy atom. The van der Waals surface area contributed by atoms with Crippen molar-refractivity contribution in [2.24, 2.45) is 0 Å². The van der Waals surface area contributed by atoms with E-state index in [1.165, 1.54) is 32.4 Å². The lowest BCUT2D eigenvalue weighted by molar-refractivity contribution is 0.0587. The molecule has 0 radical (unpaired) electrons. The average molecular weight is 444 g/mol. The molecule has 3 aromatic carbocycles. The van der Waals surface area contributed by atoms with Gasteiger partial charge in [-0.15, -0.1) is 0 Å². The second-order valence-corrected chi connectivity index (χ2v) is 6.37. The fraction of sp³-hybridized carbons (Fsp3) is 0.167. The number of rotatable bonds is 6. The Balaban J connectivity index is 0.000000258. The summed E-state index contributed by atoms with van der Waals surface area (Å²) in [6, 6.07) is 16.6. The number of carbonyl (C=O) groups is 2. The minimum atomic E-state index is -0.688. The number of hydrogen-bond donors (Lipinski definition) is 1. The molecule has 0 spiro atoms. The molecule has 0 aliphatic rings. The van der Waals surface area contributed by atoms with E-state index in [1.54, 1.807) is 0 Å². The van der Waals surface area contributed by atoms with Crippen LogP contribution in [0.5, 0.6) is 11.5 Å². The van der Waals surface area contributed by atoms with Crippen LogP contribution in [0.1, 0.15) is 26.3 Å². The first kappa shape index (κ1) is 24.3. The highest BCUT2D eigenvalue weighted by atomic mass is 19.1. The molecule has 0 amide bonds. The molecule has 0 fully saturated rings. The molecule has 1 N–H and O–H groups in total. The van der Waals surface area contributed by atoms with Gasteiger partial charge in [-0.3, -0.25) is 0 Å². The van der Waals surface area contributed by atoms with E-state index in [-0.39, 0.29) is 16.9 Å². The van der Waals surface area contributed by atoms with E-state index in [4.69, 9.17) is 9.84 Å². The molecule has 8 heteroatoms. The molecule has 6 nitrogen and oxygen atoms in total. The molecule has 0 bridgehead atoms. The second-order valence-electron chi connectivity index (χ2n) is 6.37. The van der Waals surface area contributed by atoms with Crippen molar-refractivity contribution in [3.8, 4) is 11.5 Å². The van der Waals surface area contributed by atoms with Crippen molar-refractivity contribution >= 4 is 11.9 Å². The van der Waals surface area contributed by atoms with Gasteiger partial charge in [0.25, 0.3) is 0 Å². The van der Waals surface area contributed by atoms with Crippen molar-refractivity contribution in [3.63, 3.8) is 0 Å². The van der Waals surface area contributed by atoms with Gasteiger partial charge >= 0.3 is 11.9 Å². The number of halogens is 2. The molecular formula is C24H22F2O6.